The van der Waals surface area contributed by atoms with Crippen molar-refractivity contribution in [3.05, 3.63) is 75.3 Å². The number of aliphatic imine (C=N–C) groups is 1. The van der Waals surface area contributed by atoms with E-state index in [-0.39, 0.29) is 50.9 Å². The van der Waals surface area contributed by atoms with Crippen LogP contribution in [0, 0.1) is 11.2 Å². The molecule has 6 rings (SSSR count). The van der Waals surface area contributed by atoms with E-state index in [1.54, 1.807) is 53.0 Å². The molecule has 1 aliphatic carbocycles. The number of hydrogen-bond acceptors (Lipinski definition) is 8. The van der Waals surface area contributed by atoms with Crippen molar-refractivity contribution in [1.82, 2.24) is 14.8 Å². The summed E-state index contributed by atoms with van der Waals surface area (Å²) in [6, 6.07) is 9.79. The minimum Gasteiger partial charge on any atom is -0.497 e. The number of amides is 2. The molecule has 0 bridgehead atoms. The van der Waals surface area contributed by atoms with Crippen LogP contribution in [0.15, 0.2) is 58.0 Å². The van der Waals surface area contributed by atoms with Crippen LogP contribution in [-0.4, -0.2) is 82.4 Å². The minimum atomic E-state index is -1.35. The van der Waals surface area contributed by atoms with Crippen molar-refractivity contribution in [2.75, 3.05) is 43.9 Å². The molecule has 0 radical (unpaired) electrons. The zero-order valence-corrected chi connectivity index (χ0v) is 25.0. The lowest BCUT2D eigenvalue weighted by Crippen LogP contribution is -2.49. The number of hydrogen-bond donors (Lipinski definition) is 3. The van der Waals surface area contributed by atoms with Crippen molar-refractivity contribution < 1.29 is 28.6 Å². The first-order chi connectivity index (χ1) is 21.6. The maximum atomic E-state index is 15.3. The number of nitrogens with one attached hydrogen (secondary N) is 2. The lowest BCUT2D eigenvalue weighted by Gasteiger charge is -2.36. The number of nitrogens with zero attached hydrogens (tertiary/aromatic N) is 4. The number of anilines is 1. The third-order valence-electron chi connectivity index (χ3n) is 7.94. The molecule has 14 heteroatoms. The van der Waals surface area contributed by atoms with E-state index in [2.05, 4.69) is 10.3 Å². The number of thioether (sulfide) groups is 1. The van der Waals surface area contributed by atoms with Gasteiger partial charge in [-0.25, -0.2) is 14.2 Å². The van der Waals surface area contributed by atoms with E-state index in [4.69, 9.17) is 10.1 Å². The van der Waals surface area contributed by atoms with Crippen molar-refractivity contribution in [3.8, 4) is 5.75 Å². The molecule has 0 atom stereocenters. The van der Waals surface area contributed by atoms with E-state index in [1.807, 2.05) is 4.90 Å². The predicted octanol–water partition coefficient (Wildman–Crippen LogP) is 3.11. The highest BCUT2D eigenvalue weighted by molar-refractivity contribution is 8.14. The molecule has 3 heterocycles. The summed E-state index contributed by atoms with van der Waals surface area (Å²) >= 11 is 1.03. The molecule has 2 aliphatic heterocycles. The molecule has 12 nitrogen and oxygen atoms in total. The highest BCUT2D eigenvalue weighted by Crippen LogP contribution is 2.38. The van der Waals surface area contributed by atoms with Crippen LogP contribution >= 0.6 is 11.8 Å². The summed E-state index contributed by atoms with van der Waals surface area (Å²) in [6.45, 7) is 1.35. The van der Waals surface area contributed by atoms with Gasteiger partial charge in [-0.2, -0.15) is 0 Å². The number of aromatic carboxylic acids is 1. The Labute approximate surface area is 260 Å². The molecule has 45 heavy (non-hydrogen) atoms. The van der Waals surface area contributed by atoms with Crippen LogP contribution in [-0.2, 0) is 9.59 Å². The van der Waals surface area contributed by atoms with Crippen molar-refractivity contribution >= 4 is 63.2 Å². The molecular formula is C31H29FN6O6S. The number of carboxylic acid groups (broad SMARTS) is 1. The van der Waals surface area contributed by atoms with Gasteiger partial charge in [-0.05, 0) is 48.7 Å². The Morgan fingerprint density at radius 2 is 1.87 bits per heavy atom. The van der Waals surface area contributed by atoms with Gasteiger partial charge in [0.15, 0.2) is 11.0 Å². The zero-order chi connectivity index (χ0) is 31.8. The second-order valence-corrected chi connectivity index (χ2v) is 11.8. The molecule has 232 valence electrons. The molecule has 3 aromatic rings. The van der Waals surface area contributed by atoms with Gasteiger partial charge in [0, 0.05) is 43.8 Å². The van der Waals surface area contributed by atoms with Gasteiger partial charge in [0.1, 0.15) is 17.1 Å². The number of carbonyl (C=O) groups excluding carboxylic acids is 2. The van der Waals surface area contributed by atoms with Crippen LogP contribution in [0.5, 0.6) is 5.75 Å². The highest BCUT2D eigenvalue weighted by Gasteiger charge is 2.30. The molecule has 2 amide bonds. The van der Waals surface area contributed by atoms with Gasteiger partial charge in [-0.1, -0.05) is 23.9 Å². The fourth-order valence-corrected chi connectivity index (χ4v) is 6.12. The fraction of sp³-hybridized carbons (Fsp3) is 0.290. The van der Waals surface area contributed by atoms with Gasteiger partial charge >= 0.3 is 5.97 Å². The predicted molar refractivity (Wildman–Crippen MR) is 169 cm³/mol. The second kappa shape index (κ2) is 12.2. The quantitative estimate of drug-likeness (QED) is 0.336. The van der Waals surface area contributed by atoms with Crippen molar-refractivity contribution in [2.24, 2.45) is 4.99 Å². The average molecular weight is 633 g/mol. The number of rotatable bonds is 7. The Morgan fingerprint density at radius 3 is 2.49 bits per heavy atom. The third-order valence-corrected chi connectivity index (χ3v) is 8.80. The SMILES string of the molecule is COc1ccc(/C=C2\C(=N)N=C(SCC(=O)N3CCN(c4cc5c(cc4F)c(=O)c(C(=O)O)cn5C4CC4)CC3)NC2=O)cc1. The summed E-state index contributed by atoms with van der Waals surface area (Å²) in [4.78, 5) is 57.7. The number of amidine groups is 2. The van der Waals surface area contributed by atoms with Crippen molar-refractivity contribution in [3.63, 3.8) is 0 Å². The first kappa shape index (κ1) is 30.1. The number of pyridine rings is 1. The summed E-state index contributed by atoms with van der Waals surface area (Å²) in [5.41, 5.74) is 0.487. The monoisotopic (exact) mass is 632 g/mol. The molecule has 1 saturated heterocycles. The van der Waals surface area contributed by atoms with Crippen LogP contribution < -0.4 is 20.4 Å². The van der Waals surface area contributed by atoms with E-state index < -0.39 is 23.1 Å². The van der Waals surface area contributed by atoms with Gasteiger partial charge in [0.05, 0.1) is 29.6 Å². The Hall–Kier alpha value is -4.98. The number of fused-ring (bicyclic) bond motifs is 1. The minimum absolute atomic E-state index is 0.00612. The Morgan fingerprint density at radius 1 is 1.16 bits per heavy atom. The van der Waals surface area contributed by atoms with Crippen LogP contribution in [0.1, 0.15) is 34.8 Å². The van der Waals surface area contributed by atoms with Gasteiger partial charge in [-0.15, -0.1) is 0 Å². The molecular weight excluding hydrogens is 603 g/mol. The fourth-order valence-electron chi connectivity index (χ4n) is 5.36. The smallest absolute Gasteiger partial charge is 0.341 e. The van der Waals surface area contributed by atoms with Gasteiger partial charge < -0.3 is 29.5 Å². The van der Waals surface area contributed by atoms with Crippen molar-refractivity contribution in [1.29, 1.82) is 5.41 Å². The van der Waals surface area contributed by atoms with Crippen molar-refractivity contribution in [2.45, 2.75) is 18.9 Å². The molecule has 3 aliphatic rings. The number of halogens is 1. The van der Waals surface area contributed by atoms with E-state index in [0.29, 0.717) is 43.0 Å². The zero-order valence-electron chi connectivity index (χ0n) is 24.2. The van der Waals surface area contributed by atoms with Gasteiger partial charge in [0.25, 0.3) is 5.91 Å². The molecule has 2 aromatic carbocycles. The maximum absolute atomic E-state index is 15.3. The average Bonchev–Trinajstić information content (AvgIpc) is 3.88. The molecule has 0 spiro atoms. The number of methoxy groups -OCH3 is 1. The molecule has 1 aromatic heterocycles. The normalized spacial score (nSPS) is 17.8. The summed E-state index contributed by atoms with van der Waals surface area (Å²) < 4.78 is 22.2. The van der Waals surface area contributed by atoms with E-state index in [0.717, 1.165) is 30.7 Å². The third kappa shape index (κ3) is 6.18. The number of piperazine rings is 1. The van der Waals surface area contributed by atoms with Crippen LogP contribution in [0.3, 0.4) is 0 Å². The highest BCUT2D eigenvalue weighted by atomic mass is 32.2. The Kier molecular flexibility index (Phi) is 8.14. The van der Waals surface area contributed by atoms with E-state index in [1.165, 1.54) is 6.20 Å². The molecule has 1 saturated carbocycles. The molecule has 3 N–H and O–H groups in total. The topological polar surface area (TPSA) is 157 Å². The van der Waals surface area contributed by atoms with Crippen LogP contribution in [0.4, 0.5) is 10.1 Å². The van der Waals surface area contributed by atoms with Gasteiger partial charge in [0.2, 0.25) is 11.3 Å². The van der Waals surface area contributed by atoms with Gasteiger partial charge in [-0.3, -0.25) is 19.8 Å². The van der Waals surface area contributed by atoms with E-state index >= 15 is 4.39 Å². The Bertz CT molecular complexity index is 1860. The lowest BCUT2D eigenvalue weighted by molar-refractivity contribution is -0.128. The number of carbonyl (C=O) groups is 3. The Balaban J connectivity index is 1.09. The number of benzene rings is 2. The molecule has 0 unspecified atom stereocenters. The summed E-state index contributed by atoms with van der Waals surface area (Å²) in [5, 5.41) is 20.5. The summed E-state index contributed by atoms with van der Waals surface area (Å²) in [5.74, 6) is -2.20. The first-order valence-electron chi connectivity index (χ1n) is 14.2. The molecule has 2 fully saturated rings. The van der Waals surface area contributed by atoms with Crippen LogP contribution in [0.2, 0.25) is 0 Å². The number of aromatic nitrogens is 1. The maximum Gasteiger partial charge on any atom is 0.341 e. The lowest BCUT2D eigenvalue weighted by atomic mass is 10.1. The number of carboxylic acids is 1. The summed E-state index contributed by atoms with van der Waals surface area (Å²) in [6.07, 6.45) is 4.60. The second-order valence-electron chi connectivity index (χ2n) is 10.8. The largest absolute Gasteiger partial charge is 0.497 e. The number of ether oxygens (including phenoxy) is 1. The van der Waals surface area contributed by atoms with Crippen LogP contribution in [0.25, 0.3) is 17.0 Å². The van der Waals surface area contributed by atoms with E-state index in [9.17, 15) is 24.3 Å². The standard InChI is InChI=1S/C31H29FN6O6S/c1-44-19-6-2-17(3-7-19)12-21-28(33)34-31(35-29(21)41)45-16-26(39)37-10-8-36(9-11-37)25-14-24-20(13-23(25)32)27(40)22(30(42)43)15-38(24)18-4-5-18/h2-3,6-7,12-15,18H,4-5,8-11,16H2,1H3,(H,42,43)(H2,33,34,35,41)/b21-12+. The first-order valence-corrected chi connectivity index (χ1v) is 15.2. The summed E-state index contributed by atoms with van der Waals surface area (Å²) in [7, 11) is 1.56.